The second-order valence-electron chi connectivity index (χ2n) is 4.20. The van der Waals surface area contributed by atoms with E-state index in [0.717, 1.165) is 0 Å². The Labute approximate surface area is 113 Å². The maximum atomic E-state index is 12.9. The predicted octanol–water partition coefficient (Wildman–Crippen LogP) is 1.19. The van der Waals surface area contributed by atoms with Crippen molar-refractivity contribution < 1.29 is 32.6 Å². The number of hydrogen-bond donors (Lipinski definition) is 1. The summed E-state index contributed by atoms with van der Waals surface area (Å²) in [7, 11) is 0. The number of carbonyl (C=O) groups excluding carboxylic acids is 2. The Morgan fingerprint density at radius 3 is 2.50 bits per heavy atom. The predicted molar refractivity (Wildman–Crippen MR) is 61.4 cm³/mol. The molecule has 0 aromatic heterocycles. The summed E-state index contributed by atoms with van der Waals surface area (Å²) in [6.45, 7) is 3.05. The first-order valence-corrected chi connectivity index (χ1v) is 5.99. The fourth-order valence-corrected chi connectivity index (χ4v) is 1.71. The number of hydrogen-bond acceptors (Lipinski definition) is 5. The lowest BCUT2D eigenvalue weighted by Gasteiger charge is -2.32. The van der Waals surface area contributed by atoms with Gasteiger partial charge in [0, 0.05) is 12.1 Å². The van der Waals surface area contributed by atoms with Crippen LogP contribution in [0, 0.1) is 0 Å². The number of nitrogens with zero attached hydrogens (tertiary/aromatic N) is 2. The Hall–Kier alpha value is -1.64. The van der Waals surface area contributed by atoms with Crippen LogP contribution in [0.2, 0.25) is 0 Å². The van der Waals surface area contributed by atoms with E-state index in [2.05, 4.69) is 9.84 Å². The smallest absolute Gasteiger partial charge is 0.438 e. The van der Waals surface area contributed by atoms with Crippen LogP contribution in [0.4, 0.5) is 13.2 Å². The summed E-state index contributed by atoms with van der Waals surface area (Å²) in [5, 5.41) is 13.1. The zero-order valence-corrected chi connectivity index (χ0v) is 11.0. The molecule has 0 radical (unpaired) electrons. The molecule has 0 aliphatic carbocycles. The van der Waals surface area contributed by atoms with Crippen molar-refractivity contribution in [1.29, 1.82) is 0 Å². The molecule has 1 unspecified atom stereocenters. The minimum Gasteiger partial charge on any atom is -0.466 e. The van der Waals surface area contributed by atoms with Crippen LogP contribution in [-0.4, -0.2) is 46.2 Å². The Bertz CT molecular complexity index is 436. The zero-order valence-electron chi connectivity index (χ0n) is 11.0. The molecule has 1 amide bonds. The van der Waals surface area contributed by atoms with Crippen molar-refractivity contribution >= 4 is 17.6 Å². The number of hydrazone groups is 1. The second kappa shape index (κ2) is 5.78. The highest BCUT2D eigenvalue weighted by Gasteiger charge is 2.62. The van der Waals surface area contributed by atoms with E-state index in [1.807, 2.05) is 0 Å². The minimum atomic E-state index is -5.07. The topological polar surface area (TPSA) is 79.2 Å². The van der Waals surface area contributed by atoms with Crippen LogP contribution in [0.1, 0.15) is 33.1 Å². The standard InChI is InChI=1S/C11H15F3N2O4/c1-3-7-6-10(19,11(12,13)14)16(15-7)8(17)5-9(18)20-4-2/h19H,3-6H2,1-2H3. The van der Waals surface area contributed by atoms with Crippen LogP contribution < -0.4 is 0 Å². The average Bonchev–Trinajstić information content (AvgIpc) is 2.67. The number of aliphatic hydroxyl groups is 1. The van der Waals surface area contributed by atoms with Gasteiger partial charge in [0.15, 0.2) is 0 Å². The second-order valence-corrected chi connectivity index (χ2v) is 4.20. The van der Waals surface area contributed by atoms with Gasteiger partial charge in [-0.25, -0.2) is 0 Å². The Balaban J connectivity index is 2.96. The normalized spacial score (nSPS) is 22.7. The number of ether oxygens (including phenoxy) is 1. The summed E-state index contributed by atoms with van der Waals surface area (Å²) in [4.78, 5) is 22.9. The van der Waals surface area contributed by atoms with E-state index in [1.165, 1.54) is 6.92 Å². The molecule has 0 bridgehead atoms. The summed E-state index contributed by atoms with van der Waals surface area (Å²) in [5.41, 5.74) is -3.37. The van der Waals surface area contributed by atoms with Gasteiger partial charge in [-0.15, -0.1) is 0 Å². The third-order valence-electron chi connectivity index (χ3n) is 2.74. The molecule has 1 N–H and O–H groups in total. The van der Waals surface area contributed by atoms with Crippen LogP contribution >= 0.6 is 0 Å². The van der Waals surface area contributed by atoms with Gasteiger partial charge in [-0.05, 0) is 13.3 Å². The van der Waals surface area contributed by atoms with Crippen molar-refractivity contribution in [3.05, 3.63) is 0 Å². The molecular weight excluding hydrogens is 281 g/mol. The fraction of sp³-hybridized carbons (Fsp3) is 0.727. The first-order chi connectivity index (χ1) is 9.15. The van der Waals surface area contributed by atoms with E-state index < -0.39 is 36.6 Å². The highest BCUT2D eigenvalue weighted by molar-refractivity contribution is 5.97. The van der Waals surface area contributed by atoms with E-state index in [1.54, 1.807) is 6.92 Å². The number of esters is 1. The van der Waals surface area contributed by atoms with Gasteiger partial charge in [-0.2, -0.15) is 23.3 Å². The van der Waals surface area contributed by atoms with Gasteiger partial charge in [-0.3, -0.25) is 9.59 Å². The van der Waals surface area contributed by atoms with Crippen LogP contribution in [-0.2, 0) is 14.3 Å². The maximum absolute atomic E-state index is 12.9. The van der Waals surface area contributed by atoms with Gasteiger partial charge >= 0.3 is 12.1 Å². The van der Waals surface area contributed by atoms with E-state index in [9.17, 15) is 27.9 Å². The lowest BCUT2D eigenvalue weighted by atomic mass is 10.0. The van der Waals surface area contributed by atoms with Crippen LogP contribution in [0.25, 0.3) is 0 Å². The van der Waals surface area contributed by atoms with E-state index >= 15 is 0 Å². The number of carbonyl (C=O) groups is 2. The quantitative estimate of drug-likeness (QED) is 0.624. The van der Waals surface area contributed by atoms with Crippen LogP contribution in [0.5, 0.6) is 0 Å². The first kappa shape index (κ1) is 16.4. The number of amides is 1. The molecule has 1 aliphatic heterocycles. The summed E-state index contributed by atoms with van der Waals surface area (Å²) >= 11 is 0. The molecule has 0 aromatic rings. The van der Waals surface area contributed by atoms with Crippen molar-refractivity contribution in [3.63, 3.8) is 0 Å². The summed E-state index contributed by atoms with van der Waals surface area (Å²) in [6.07, 6.45) is -6.65. The minimum absolute atomic E-state index is 0.000863. The molecular formula is C11H15F3N2O4. The SMILES string of the molecule is CCOC(=O)CC(=O)N1N=C(CC)CC1(O)C(F)(F)F. The zero-order chi connectivity index (χ0) is 15.6. The van der Waals surface area contributed by atoms with Crippen LogP contribution in [0.3, 0.4) is 0 Å². The molecule has 1 heterocycles. The maximum Gasteiger partial charge on any atom is 0.438 e. The molecule has 0 fully saturated rings. The van der Waals surface area contributed by atoms with Crippen molar-refractivity contribution in [2.75, 3.05) is 6.61 Å². The number of rotatable bonds is 4. The van der Waals surface area contributed by atoms with Crippen molar-refractivity contribution in [1.82, 2.24) is 5.01 Å². The summed E-state index contributed by atoms with van der Waals surface area (Å²) < 4.78 is 43.2. The Kier molecular flexibility index (Phi) is 4.74. The van der Waals surface area contributed by atoms with E-state index in [-0.39, 0.29) is 23.7 Å². The summed E-state index contributed by atoms with van der Waals surface area (Å²) in [5.74, 6) is -2.23. The molecule has 0 saturated heterocycles. The molecule has 0 saturated carbocycles. The Morgan fingerprint density at radius 1 is 1.45 bits per heavy atom. The average molecular weight is 296 g/mol. The van der Waals surface area contributed by atoms with E-state index in [0.29, 0.717) is 0 Å². The lowest BCUT2D eigenvalue weighted by molar-refractivity contribution is -0.302. The molecule has 6 nitrogen and oxygen atoms in total. The largest absolute Gasteiger partial charge is 0.466 e. The van der Waals surface area contributed by atoms with Gasteiger partial charge in [-0.1, -0.05) is 6.92 Å². The summed E-state index contributed by atoms with van der Waals surface area (Å²) in [6, 6.07) is 0. The number of alkyl halides is 3. The molecule has 9 heteroatoms. The van der Waals surface area contributed by atoms with Gasteiger partial charge in [0.1, 0.15) is 6.42 Å². The highest BCUT2D eigenvalue weighted by atomic mass is 19.4. The van der Waals surface area contributed by atoms with Gasteiger partial charge < -0.3 is 9.84 Å². The van der Waals surface area contributed by atoms with E-state index in [4.69, 9.17) is 0 Å². The van der Waals surface area contributed by atoms with Gasteiger partial charge in [0.25, 0.3) is 11.6 Å². The van der Waals surface area contributed by atoms with Crippen molar-refractivity contribution in [2.24, 2.45) is 5.10 Å². The number of halogens is 3. The molecule has 1 atom stereocenters. The molecule has 0 spiro atoms. The fourth-order valence-electron chi connectivity index (χ4n) is 1.71. The van der Waals surface area contributed by atoms with Crippen molar-refractivity contribution in [2.45, 2.75) is 45.0 Å². The third kappa shape index (κ3) is 3.09. The van der Waals surface area contributed by atoms with Gasteiger partial charge in [0.05, 0.1) is 6.61 Å². The highest BCUT2D eigenvalue weighted by Crippen LogP contribution is 2.40. The third-order valence-corrected chi connectivity index (χ3v) is 2.74. The molecule has 20 heavy (non-hydrogen) atoms. The first-order valence-electron chi connectivity index (χ1n) is 5.99. The monoisotopic (exact) mass is 296 g/mol. The molecule has 0 aromatic carbocycles. The van der Waals surface area contributed by atoms with Crippen LogP contribution in [0.15, 0.2) is 5.10 Å². The lowest BCUT2D eigenvalue weighted by Crippen LogP contribution is -2.56. The van der Waals surface area contributed by atoms with Crippen molar-refractivity contribution in [3.8, 4) is 0 Å². The Morgan fingerprint density at radius 2 is 2.05 bits per heavy atom. The van der Waals surface area contributed by atoms with Gasteiger partial charge in [0.2, 0.25) is 0 Å². The molecule has 114 valence electrons. The molecule has 1 rings (SSSR count). The molecule has 1 aliphatic rings.